The molecule has 0 saturated heterocycles. The topological polar surface area (TPSA) is 34.1 Å². The molecule has 0 amide bonds. The summed E-state index contributed by atoms with van der Waals surface area (Å²) in [6, 6.07) is 1.67. The fourth-order valence-corrected chi connectivity index (χ4v) is 2.51. The van der Waals surface area contributed by atoms with Gasteiger partial charge in [0.15, 0.2) is 0 Å². The molecule has 62 valence electrons. The van der Waals surface area contributed by atoms with Crippen LogP contribution in [0.15, 0.2) is 11.4 Å². The van der Waals surface area contributed by atoms with E-state index in [-0.39, 0.29) is 0 Å². The minimum Gasteiger partial charge on any atom is -0.194 e. The standard InChI is InChI=1S/C6H7FO2S2/c1-5-2-6(10-3-5)4-11(7,8)9/h2-3H,4H2,1H3. The van der Waals surface area contributed by atoms with Crippen LogP contribution < -0.4 is 0 Å². The maximum absolute atomic E-state index is 12.1. The summed E-state index contributed by atoms with van der Waals surface area (Å²) in [5.41, 5.74) is 0.966. The molecular formula is C6H7FO2S2. The molecule has 0 spiro atoms. The highest BCUT2D eigenvalue weighted by atomic mass is 32.3. The second-order valence-corrected chi connectivity index (χ2v) is 4.64. The molecule has 0 aliphatic rings. The van der Waals surface area contributed by atoms with E-state index in [1.165, 1.54) is 11.3 Å². The molecule has 0 atom stereocenters. The van der Waals surface area contributed by atoms with Gasteiger partial charge in [-0.3, -0.25) is 0 Å². The average Bonchev–Trinajstić information content (AvgIpc) is 2.10. The third-order valence-electron chi connectivity index (χ3n) is 1.10. The Kier molecular flexibility index (Phi) is 2.29. The number of hydrogen-bond donors (Lipinski definition) is 0. The Morgan fingerprint density at radius 2 is 2.27 bits per heavy atom. The summed E-state index contributed by atoms with van der Waals surface area (Å²) in [4.78, 5) is 0.546. The molecule has 0 bridgehead atoms. The lowest BCUT2D eigenvalue weighted by atomic mass is 10.4. The Hall–Kier alpha value is -0.420. The van der Waals surface area contributed by atoms with Gasteiger partial charge < -0.3 is 0 Å². The molecule has 0 aliphatic carbocycles. The van der Waals surface area contributed by atoms with Crippen LogP contribution in [-0.2, 0) is 16.0 Å². The summed E-state index contributed by atoms with van der Waals surface area (Å²) in [6.45, 7) is 1.84. The van der Waals surface area contributed by atoms with Gasteiger partial charge in [-0.05, 0) is 23.9 Å². The van der Waals surface area contributed by atoms with Crippen LogP contribution in [-0.4, -0.2) is 8.42 Å². The van der Waals surface area contributed by atoms with Crippen LogP contribution in [0, 0.1) is 6.92 Å². The Balaban J connectivity index is 2.81. The predicted molar refractivity (Wildman–Crippen MR) is 42.8 cm³/mol. The van der Waals surface area contributed by atoms with Gasteiger partial charge in [0.25, 0.3) is 0 Å². The van der Waals surface area contributed by atoms with Crippen LogP contribution in [0.1, 0.15) is 10.4 Å². The van der Waals surface area contributed by atoms with Gasteiger partial charge in [-0.1, -0.05) is 0 Å². The van der Waals surface area contributed by atoms with E-state index in [0.29, 0.717) is 4.88 Å². The van der Waals surface area contributed by atoms with Gasteiger partial charge in [0, 0.05) is 4.88 Å². The highest BCUT2D eigenvalue weighted by Crippen LogP contribution is 2.16. The van der Waals surface area contributed by atoms with Crippen molar-refractivity contribution in [2.45, 2.75) is 12.7 Å². The van der Waals surface area contributed by atoms with E-state index >= 15 is 0 Å². The summed E-state index contributed by atoms with van der Waals surface area (Å²) < 4.78 is 32.4. The highest BCUT2D eigenvalue weighted by Gasteiger charge is 2.09. The monoisotopic (exact) mass is 194 g/mol. The van der Waals surface area contributed by atoms with Gasteiger partial charge in [0.2, 0.25) is 0 Å². The van der Waals surface area contributed by atoms with Gasteiger partial charge >= 0.3 is 10.2 Å². The van der Waals surface area contributed by atoms with E-state index in [1.54, 1.807) is 11.4 Å². The van der Waals surface area contributed by atoms with Gasteiger partial charge in [0.05, 0.1) is 0 Å². The first-order valence-electron chi connectivity index (χ1n) is 2.94. The first-order valence-corrected chi connectivity index (χ1v) is 5.37. The molecule has 0 aliphatic heterocycles. The fourth-order valence-electron chi connectivity index (χ4n) is 0.736. The van der Waals surface area contributed by atoms with Crippen molar-refractivity contribution in [1.82, 2.24) is 0 Å². The van der Waals surface area contributed by atoms with E-state index in [9.17, 15) is 12.3 Å². The number of rotatable bonds is 2. The van der Waals surface area contributed by atoms with Gasteiger partial charge in [0.1, 0.15) is 5.75 Å². The maximum Gasteiger partial charge on any atom is 0.307 e. The Bertz CT molecular complexity index is 339. The normalized spacial score (nSPS) is 11.8. The lowest BCUT2D eigenvalue weighted by Gasteiger charge is -1.87. The van der Waals surface area contributed by atoms with E-state index in [1.807, 2.05) is 6.92 Å². The maximum atomic E-state index is 12.1. The molecule has 2 nitrogen and oxygen atoms in total. The minimum atomic E-state index is -4.35. The SMILES string of the molecule is Cc1csc(CS(=O)(=O)F)c1. The number of hydrogen-bond acceptors (Lipinski definition) is 3. The van der Waals surface area contributed by atoms with Crippen LogP contribution in [0.4, 0.5) is 3.89 Å². The molecule has 11 heavy (non-hydrogen) atoms. The minimum absolute atomic E-state index is 0.495. The second-order valence-electron chi connectivity index (χ2n) is 2.27. The Morgan fingerprint density at radius 3 is 2.64 bits per heavy atom. The van der Waals surface area contributed by atoms with Gasteiger partial charge in [-0.25, -0.2) is 0 Å². The van der Waals surface area contributed by atoms with Gasteiger partial charge in [-0.2, -0.15) is 8.42 Å². The summed E-state index contributed by atoms with van der Waals surface area (Å²) >= 11 is 1.26. The van der Waals surface area contributed by atoms with Crippen molar-refractivity contribution >= 4 is 21.6 Å². The fraction of sp³-hybridized carbons (Fsp3) is 0.333. The van der Waals surface area contributed by atoms with Crippen molar-refractivity contribution in [3.8, 4) is 0 Å². The van der Waals surface area contributed by atoms with Gasteiger partial charge in [-0.15, -0.1) is 15.2 Å². The molecule has 5 heteroatoms. The van der Waals surface area contributed by atoms with Crippen LogP contribution >= 0.6 is 11.3 Å². The molecule has 0 N–H and O–H groups in total. The molecule has 0 radical (unpaired) electrons. The molecular weight excluding hydrogens is 187 g/mol. The average molecular weight is 194 g/mol. The van der Waals surface area contributed by atoms with Crippen molar-refractivity contribution in [1.29, 1.82) is 0 Å². The van der Waals surface area contributed by atoms with Crippen LogP contribution in [0.2, 0.25) is 0 Å². The zero-order valence-electron chi connectivity index (χ0n) is 5.87. The summed E-state index contributed by atoms with van der Waals surface area (Å²) in [7, 11) is -4.35. The first kappa shape index (κ1) is 8.67. The molecule has 0 saturated carbocycles. The molecule has 1 aromatic heterocycles. The van der Waals surface area contributed by atoms with E-state index in [4.69, 9.17) is 0 Å². The van der Waals surface area contributed by atoms with E-state index in [0.717, 1.165) is 5.56 Å². The quantitative estimate of drug-likeness (QED) is 0.673. The molecule has 0 unspecified atom stereocenters. The number of thiophene rings is 1. The third kappa shape index (κ3) is 2.98. The smallest absolute Gasteiger partial charge is 0.194 e. The van der Waals surface area contributed by atoms with Crippen LogP contribution in [0.3, 0.4) is 0 Å². The first-order chi connectivity index (χ1) is 4.97. The Morgan fingerprint density at radius 1 is 1.64 bits per heavy atom. The molecule has 1 heterocycles. The summed E-state index contributed by atoms with van der Waals surface area (Å²) in [5, 5.41) is 1.79. The van der Waals surface area contributed by atoms with E-state index < -0.39 is 16.0 Å². The van der Waals surface area contributed by atoms with Crippen molar-refractivity contribution < 1.29 is 12.3 Å². The lowest BCUT2D eigenvalue weighted by molar-refractivity contribution is 0.551. The lowest BCUT2D eigenvalue weighted by Crippen LogP contribution is -1.92. The van der Waals surface area contributed by atoms with E-state index in [2.05, 4.69) is 0 Å². The van der Waals surface area contributed by atoms with Crippen molar-refractivity contribution in [3.05, 3.63) is 21.9 Å². The largest absolute Gasteiger partial charge is 0.307 e. The molecule has 0 aromatic carbocycles. The van der Waals surface area contributed by atoms with Crippen molar-refractivity contribution in [3.63, 3.8) is 0 Å². The van der Waals surface area contributed by atoms with Crippen molar-refractivity contribution in [2.24, 2.45) is 0 Å². The molecule has 0 fully saturated rings. The Labute approximate surface area is 68.9 Å². The second kappa shape index (κ2) is 2.91. The molecule has 1 rings (SSSR count). The third-order valence-corrected chi connectivity index (χ3v) is 2.99. The number of halogens is 1. The molecule has 1 aromatic rings. The highest BCUT2D eigenvalue weighted by molar-refractivity contribution is 7.85. The zero-order valence-corrected chi connectivity index (χ0v) is 7.51. The van der Waals surface area contributed by atoms with Crippen LogP contribution in [0.25, 0.3) is 0 Å². The zero-order chi connectivity index (χ0) is 8.48. The van der Waals surface area contributed by atoms with Crippen LogP contribution in [0.5, 0.6) is 0 Å². The number of aryl methyl sites for hydroxylation is 1. The summed E-state index contributed by atoms with van der Waals surface area (Å²) in [6.07, 6.45) is 0. The van der Waals surface area contributed by atoms with Crippen molar-refractivity contribution in [2.75, 3.05) is 0 Å². The predicted octanol–water partition coefficient (Wildman–Crippen LogP) is 1.86. The summed E-state index contributed by atoms with van der Waals surface area (Å²) in [5.74, 6) is -0.495.